The molecular weight excluding hydrogens is 815 g/mol. The molecule has 6 rings (SSSR count). The number of para-hydroxylation sites is 1. The molecule has 0 spiro atoms. The number of fused-ring (bicyclic) bond motifs is 3. The van der Waals surface area contributed by atoms with Gasteiger partial charge in [0.25, 0.3) is 0 Å². The van der Waals surface area contributed by atoms with Crippen LogP contribution in [0.3, 0.4) is 0 Å². The van der Waals surface area contributed by atoms with Crippen molar-refractivity contribution >= 4 is 48.9 Å². The number of furan rings is 1. The molecule has 1 radical (unpaired) electrons. The van der Waals surface area contributed by atoms with Crippen LogP contribution in [0.15, 0.2) is 95.2 Å². The van der Waals surface area contributed by atoms with E-state index in [4.69, 9.17) is 9.40 Å². The number of pyridine rings is 1. The van der Waals surface area contributed by atoms with Gasteiger partial charge in [-0.1, -0.05) is 110 Å². The number of hydrogen-bond acceptors (Lipinski definition) is 5. The second-order valence-electron chi connectivity index (χ2n) is 14.7. The molecule has 0 amide bonds. The van der Waals surface area contributed by atoms with Crippen LogP contribution in [0.1, 0.15) is 93.6 Å². The van der Waals surface area contributed by atoms with Crippen molar-refractivity contribution in [3.05, 3.63) is 102 Å². The molecule has 0 fully saturated rings. The third kappa shape index (κ3) is 7.99. The van der Waals surface area contributed by atoms with Crippen molar-refractivity contribution in [2.75, 3.05) is 0 Å². The maximum absolute atomic E-state index is 12.2. The molecule has 0 saturated heterocycles. The number of benzene rings is 3. The summed E-state index contributed by atoms with van der Waals surface area (Å²) >= 11 is 1.73. The first-order chi connectivity index (χ1) is 23.3. The van der Waals surface area contributed by atoms with E-state index < -0.39 is 0 Å². The van der Waals surface area contributed by atoms with Crippen molar-refractivity contribution in [1.29, 1.82) is 0 Å². The quantitative estimate of drug-likeness (QED) is 0.0893. The summed E-state index contributed by atoms with van der Waals surface area (Å²) in [7, 11) is 0. The van der Waals surface area contributed by atoms with Gasteiger partial charge in [-0.2, -0.15) is 0 Å². The van der Waals surface area contributed by atoms with E-state index in [1.807, 2.05) is 65.9 Å². The SMILES string of the molecule is CC(C)(C)c1cc(-c2nccc3cc(-c4cc5ccccc5o4)sc23)[c-]c2ccccc12.CCC(C)(CC)C(=O)/C=C(\O)C(C)(CC)CC.[Ir]. The summed E-state index contributed by atoms with van der Waals surface area (Å²) in [6, 6.07) is 29.0. The number of aliphatic hydroxyl groups is 1. The van der Waals surface area contributed by atoms with Crippen LogP contribution in [0.4, 0.5) is 0 Å². The standard InChI is InChI=1S/C29H22NOS.C15H28O2.Ir/c1-29(2,3)23-15-21(14-18-8-4-6-10-22(18)23)27-28-20(12-13-30-27)17-26(32-28)25-16-19-9-5-7-11-24(19)31-25;1-7-14(5,8-2)12(16)11-13(17)15(6,9-3)10-4;/h4-13,15-17H,1-3H3;11,16H,7-10H2,1-6H3;/q-1;;/b;12-11-;. The summed E-state index contributed by atoms with van der Waals surface area (Å²) in [5.41, 5.74) is 3.66. The van der Waals surface area contributed by atoms with E-state index in [9.17, 15) is 9.90 Å². The van der Waals surface area contributed by atoms with Crippen LogP contribution < -0.4 is 0 Å². The Morgan fingerprint density at radius 1 is 0.840 bits per heavy atom. The first kappa shape index (κ1) is 39.2. The van der Waals surface area contributed by atoms with Crippen molar-refractivity contribution in [2.24, 2.45) is 10.8 Å². The molecule has 0 aliphatic carbocycles. The number of hydrogen-bond donors (Lipinski definition) is 1. The van der Waals surface area contributed by atoms with Gasteiger partial charge in [0.05, 0.1) is 4.88 Å². The molecule has 50 heavy (non-hydrogen) atoms. The molecule has 6 aromatic rings. The van der Waals surface area contributed by atoms with Crippen LogP contribution in [0, 0.1) is 16.9 Å². The minimum atomic E-state index is -0.337. The van der Waals surface area contributed by atoms with Gasteiger partial charge in [-0.25, -0.2) is 0 Å². The third-order valence-corrected chi connectivity index (χ3v) is 11.7. The summed E-state index contributed by atoms with van der Waals surface area (Å²) in [4.78, 5) is 18.1. The van der Waals surface area contributed by atoms with E-state index in [0.29, 0.717) is 0 Å². The molecule has 0 aliphatic rings. The molecule has 4 nitrogen and oxygen atoms in total. The Labute approximate surface area is 315 Å². The summed E-state index contributed by atoms with van der Waals surface area (Å²) in [5, 5.41) is 14.8. The normalized spacial score (nSPS) is 12.5. The minimum Gasteiger partial charge on any atom is -0.512 e. The second kappa shape index (κ2) is 15.8. The number of aliphatic hydroxyl groups excluding tert-OH is 1. The average molecular weight is 865 g/mol. The Kier molecular flexibility index (Phi) is 12.4. The van der Waals surface area contributed by atoms with E-state index in [0.717, 1.165) is 68.6 Å². The minimum absolute atomic E-state index is 0. The van der Waals surface area contributed by atoms with Crippen LogP contribution in [0.2, 0.25) is 0 Å². The molecule has 0 saturated carbocycles. The molecule has 3 aromatic carbocycles. The van der Waals surface area contributed by atoms with Crippen LogP contribution in [0.25, 0.3) is 53.7 Å². The Balaban J connectivity index is 0.000000269. The van der Waals surface area contributed by atoms with Crippen molar-refractivity contribution in [1.82, 2.24) is 4.98 Å². The van der Waals surface area contributed by atoms with Gasteiger partial charge in [-0.05, 0) is 60.7 Å². The number of rotatable bonds is 9. The zero-order valence-corrected chi connectivity index (χ0v) is 34.1. The summed E-state index contributed by atoms with van der Waals surface area (Å²) in [6.45, 7) is 18.9. The monoisotopic (exact) mass is 865 g/mol. The van der Waals surface area contributed by atoms with E-state index in [1.165, 1.54) is 22.4 Å². The fourth-order valence-corrected chi connectivity index (χ4v) is 7.15. The Bertz CT molecular complexity index is 2090. The predicted molar refractivity (Wildman–Crippen MR) is 208 cm³/mol. The zero-order valence-electron chi connectivity index (χ0n) is 30.9. The summed E-state index contributed by atoms with van der Waals surface area (Å²) in [6.07, 6.45) is 6.65. The van der Waals surface area contributed by atoms with Gasteiger partial charge in [0.2, 0.25) is 0 Å². The maximum Gasteiger partial charge on any atom is 0.164 e. The van der Waals surface area contributed by atoms with Crippen LogP contribution in [-0.4, -0.2) is 15.9 Å². The maximum atomic E-state index is 12.2. The van der Waals surface area contributed by atoms with Gasteiger partial charge in [0, 0.05) is 59.0 Å². The average Bonchev–Trinajstić information content (AvgIpc) is 3.75. The number of thiophene rings is 1. The van der Waals surface area contributed by atoms with Crippen molar-refractivity contribution in [3.8, 4) is 21.9 Å². The van der Waals surface area contributed by atoms with Gasteiger partial charge in [-0.15, -0.1) is 40.5 Å². The van der Waals surface area contributed by atoms with Gasteiger partial charge in [0.1, 0.15) is 17.1 Å². The van der Waals surface area contributed by atoms with E-state index in [1.54, 1.807) is 11.3 Å². The largest absolute Gasteiger partial charge is 0.512 e. The molecule has 1 N–H and O–H groups in total. The first-order valence-corrected chi connectivity index (χ1v) is 18.4. The molecule has 0 unspecified atom stereocenters. The van der Waals surface area contributed by atoms with E-state index in [2.05, 4.69) is 81.4 Å². The van der Waals surface area contributed by atoms with Gasteiger partial charge < -0.3 is 9.52 Å². The molecule has 0 aliphatic heterocycles. The van der Waals surface area contributed by atoms with Crippen LogP contribution >= 0.6 is 11.3 Å². The number of nitrogens with zero attached hydrogens (tertiary/aromatic N) is 1. The fourth-order valence-electron chi connectivity index (χ4n) is 6.04. The summed E-state index contributed by atoms with van der Waals surface area (Å²) < 4.78 is 7.29. The van der Waals surface area contributed by atoms with Gasteiger partial charge in [-0.3, -0.25) is 9.78 Å². The predicted octanol–water partition coefficient (Wildman–Crippen LogP) is 13.3. The Morgan fingerprint density at radius 3 is 2.12 bits per heavy atom. The molecule has 0 bridgehead atoms. The molecule has 3 heterocycles. The number of carbonyl (C=O) groups is 1. The zero-order chi connectivity index (χ0) is 35.6. The van der Waals surface area contributed by atoms with E-state index >= 15 is 0 Å². The van der Waals surface area contributed by atoms with Crippen molar-refractivity contribution in [2.45, 2.75) is 93.4 Å². The third-order valence-electron chi connectivity index (χ3n) is 10.5. The second-order valence-corrected chi connectivity index (χ2v) is 15.7. The first-order valence-electron chi connectivity index (χ1n) is 17.6. The Morgan fingerprint density at radius 2 is 1.48 bits per heavy atom. The smallest absolute Gasteiger partial charge is 0.164 e. The number of aromatic nitrogens is 1. The van der Waals surface area contributed by atoms with Crippen LogP contribution in [0.5, 0.6) is 0 Å². The van der Waals surface area contributed by atoms with Crippen molar-refractivity contribution in [3.63, 3.8) is 0 Å². The molecular formula is C44H50IrNO3S-. The van der Waals surface area contributed by atoms with Gasteiger partial charge in [0.15, 0.2) is 5.78 Å². The van der Waals surface area contributed by atoms with E-state index in [-0.39, 0.29) is 47.9 Å². The number of allylic oxidation sites excluding steroid dienone is 2. The number of ketones is 1. The van der Waals surface area contributed by atoms with Gasteiger partial charge >= 0.3 is 0 Å². The Hall–Kier alpha value is -3.57. The van der Waals surface area contributed by atoms with Crippen LogP contribution in [-0.2, 0) is 30.3 Å². The van der Waals surface area contributed by atoms with Crippen molar-refractivity contribution < 1.29 is 34.4 Å². The molecule has 6 heteroatoms. The fraction of sp³-hybridized carbons (Fsp3) is 0.364. The molecule has 3 aromatic heterocycles. The summed E-state index contributed by atoms with van der Waals surface area (Å²) in [5.74, 6) is 1.19. The number of carbonyl (C=O) groups excluding carboxylic acids is 1. The molecule has 0 atom stereocenters. The molecule has 265 valence electrons. The topological polar surface area (TPSA) is 63.3 Å².